The van der Waals surface area contributed by atoms with Crippen molar-refractivity contribution >= 4 is 27.2 Å². The summed E-state index contributed by atoms with van der Waals surface area (Å²) in [7, 11) is 0. The first-order valence-corrected chi connectivity index (χ1v) is 8.74. The molecule has 1 fully saturated rings. The van der Waals surface area contributed by atoms with E-state index in [1.807, 2.05) is 12.1 Å². The zero-order valence-electron chi connectivity index (χ0n) is 13.2. The number of hydrogen-bond donors (Lipinski definition) is 3. The molecule has 22 heavy (non-hydrogen) atoms. The number of hydrogen-bond acceptors (Lipinski definition) is 5. The van der Waals surface area contributed by atoms with E-state index in [1.165, 1.54) is 5.01 Å². The van der Waals surface area contributed by atoms with E-state index in [-0.39, 0.29) is 0 Å². The number of aliphatic hydroxyl groups excluding tert-OH is 1. The van der Waals surface area contributed by atoms with E-state index in [0.717, 1.165) is 41.5 Å². The zero-order valence-corrected chi connectivity index (χ0v) is 14.0. The predicted octanol–water partition coefficient (Wildman–Crippen LogP) is 3.37. The van der Waals surface area contributed by atoms with Gasteiger partial charge in [0.15, 0.2) is 0 Å². The molecule has 4 N–H and O–H groups in total. The van der Waals surface area contributed by atoms with E-state index in [9.17, 15) is 10.2 Å². The lowest BCUT2D eigenvalue weighted by atomic mass is 9.83. The maximum Gasteiger partial charge on any atom is 0.0969 e. The van der Waals surface area contributed by atoms with Crippen molar-refractivity contribution in [2.24, 2.45) is 5.92 Å². The molecule has 1 aliphatic carbocycles. The van der Waals surface area contributed by atoms with Gasteiger partial charge in [-0.2, -0.15) is 0 Å². The lowest BCUT2D eigenvalue weighted by Gasteiger charge is -2.25. The van der Waals surface area contributed by atoms with Crippen LogP contribution in [0.3, 0.4) is 0 Å². The van der Waals surface area contributed by atoms with Gasteiger partial charge in [-0.1, -0.05) is 0 Å². The number of nitrogen functional groups attached to an aromatic ring is 1. The van der Waals surface area contributed by atoms with Gasteiger partial charge in [0, 0.05) is 23.8 Å². The summed E-state index contributed by atoms with van der Waals surface area (Å²) in [5.74, 6) is 0.954. The Balaban J connectivity index is 1.90. The largest absolute Gasteiger partial charge is 0.398 e. The third-order valence-electron chi connectivity index (χ3n) is 4.69. The molecule has 5 heteroatoms. The number of aromatic nitrogens is 1. The average Bonchev–Trinajstić information content (AvgIpc) is 2.88. The first-order chi connectivity index (χ1) is 10.4. The molecule has 0 saturated heterocycles. The number of aliphatic hydroxyl groups is 2. The number of fused-ring (bicyclic) bond motifs is 1. The summed E-state index contributed by atoms with van der Waals surface area (Å²) in [5.41, 5.74) is 7.42. The topological polar surface area (TPSA) is 79.4 Å². The lowest BCUT2D eigenvalue weighted by molar-refractivity contribution is 0.0795. The van der Waals surface area contributed by atoms with Crippen molar-refractivity contribution in [3.8, 4) is 0 Å². The quantitative estimate of drug-likeness (QED) is 0.758. The highest BCUT2D eigenvalue weighted by Gasteiger charge is 2.25. The van der Waals surface area contributed by atoms with E-state index in [2.05, 4.69) is 0 Å². The average molecular weight is 320 g/mol. The predicted molar refractivity (Wildman–Crippen MR) is 91.1 cm³/mol. The fourth-order valence-corrected chi connectivity index (χ4v) is 4.46. The van der Waals surface area contributed by atoms with Crippen molar-refractivity contribution in [1.29, 1.82) is 0 Å². The Bertz CT molecular complexity index is 667. The molecule has 0 radical (unpaired) electrons. The van der Waals surface area contributed by atoms with Crippen molar-refractivity contribution in [3.63, 3.8) is 0 Å². The summed E-state index contributed by atoms with van der Waals surface area (Å²) in [6.07, 6.45) is 4.35. The minimum atomic E-state index is -0.943. The standard InChI is InChI=1S/C17H24N2O2S/c1-17(2,21)12-7-15-14(8-13(12)18)19-16(22-15)11-5-3-10(9-20)4-6-11/h7-8,10-11,20-21H,3-6,9,18H2,1-2H3. The van der Waals surface area contributed by atoms with E-state index in [0.29, 0.717) is 24.1 Å². The van der Waals surface area contributed by atoms with Crippen LogP contribution in [0.4, 0.5) is 5.69 Å². The molecule has 3 rings (SSSR count). The second kappa shape index (κ2) is 5.80. The van der Waals surface area contributed by atoms with Gasteiger partial charge in [0.25, 0.3) is 0 Å². The van der Waals surface area contributed by atoms with E-state index >= 15 is 0 Å². The van der Waals surface area contributed by atoms with Crippen LogP contribution in [-0.4, -0.2) is 21.8 Å². The molecule has 1 saturated carbocycles. The number of nitrogens with zero attached hydrogens (tertiary/aromatic N) is 1. The molecule has 1 aromatic heterocycles. The smallest absolute Gasteiger partial charge is 0.0969 e. The van der Waals surface area contributed by atoms with Gasteiger partial charge < -0.3 is 15.9 Å². The monoisotopic (exact) mass is 320 g/mol. The summed E-state index contributed by atoms with van der Waals surface area (Å²) in [5, 5.41) is 20.6. The van der Waals surface area contributed by atoms with Crippen LogP contribution < -0.4 is 5.73 Å². The van der Waals surface area contributed by atoms with Gasteiger partial charge in [0.05, 0.1) is 20.8 Å². The van der Waals surface area contributed by atoms with Gasteiger partial charge in [-0.05, 0) is 57.6 Å². The number of nitrogens with two attached hydrogens (primary N) is 1. The number of benzene rings is 1. The molecule has 0 aliphatic heterocycles. The Morgan fingerprint density at radius 3 is 2.55 bits per heavy atom. The Kier molecular flexibility index (Phi) is 4.14. The highest BCUT2D eigenvalue weighted by molar-refractivity contribution is 7.18. The van der Waals surface area contributed by atoms with Crippen LogP contribution >= 0.6 is 11.3 Å². The molecule has 0 atom stereocenters. The van der Waals surface area contributed by atoms with Gasteiger partial charge in [-0.25, -0.2) is 4.98 Å². The molecule has 2 aromatic rings. The summed E-state index contributed by atoms with van der Waals surface area (Å²) in [4.78, 5) is 4.77. The van der Waals surface area contributed by atoms with E-state index < -0.39 is 5.60 Å². The Morgan fingerprint density at radius 2 is 1.95 bits per heavy atom. The molecule has 1 heterocycles. The fraction of sp³-hybridized carbons (Fsp3) is 0.588. The van der Waals surface area contributed by atoms with Crippen molar-refractivity contribution in [2.75, 3.05) is 12.3 Å². The van der Waals surface area contributed by atoms with E-state index in [4.69, 9.17) is 10.7 Å². The van der Waals surface area contributed by atoms with Gasteiger partial charge in [-0.3, -0.25) is 0 Å². The minimum absolute atomic E-state index is 0.304. The Labute approximate surface area is 135 Å². The third kappa shape index (κ3) is 2.98. The summed E-state index contributed by atoms with van der Waals surface area (Å²) >= 11 is 1.71. The molecule has 120 valence electrons. The van der Waals surface area contributed by atoms with Gasteiger partial charge in [0.1, 0.15) is 0 Å². The number of anilines is 1. The molecule has 0 amide bonds. The van der Waals surface area contributed by atoms with Crippen molar-refractivity contribution in [1.82, 2.24) is 4.98 Å². The van der Waals surface area contributed by atoms with Crippen LogP contribution in [-0.2, 0) is 5.60 Å². The Hall–Kier alpha value is -1.17. The molecule has 1 aromatic carbocycles. The van der Waals surface area contributed by atoms with Gasteiger partial charge >= 0.3 is 0 Å². The van der Waals surface area contributed by atoms with Crippen LogP contribution in [0.2, 0.25) is 0 Å². The van der Waals surface area contributed by atoms with Gasteiger partial charge in [0.2, 0.25) is 0 Å². The molecule has 1 aliphatic rings. The summed E-state index contributed by atoms with van der Waals surface area (Å²) < 4.78 is 1.09. The molecular formula is C17H24N2O2S. The van der Waals surface area contributed by atoms with Crippen LogP contribution in [0.1, 0.15) is 56.0 Å². The highest BCUT2D eigenvalue weighted by atomic mass is 32.1. The normalized spacial score (nSPS) is 23.1. The number of thiazole rings is 1. The molecular weight excluding hydrogens is 296 g/mol. The van der Waals surface area contributed by atoms with Crippen LogP contribution in [0.5, 0.6) is 0 Å². The van der Waals surface area contributed by atoms with Crippen LogP contribution in [0.15, 0.2) is 12.1 Å². The van der Waals surface area contributed by atoms with E-state index in [1.54, 1.807) is 25.2 Å². The van der Waals surface area contributed by atoms with Crippen LogP contribution in [0.25, 0.3) is 10.2 Å². The van der Waals surface area contributed by atoms with Crippen molar-refractivity contribution in [3.05, 3.63) is 22.7 Å². The maximum atomic E-state index is 10.2. The molecule has 0 bridgehead atoms. The lowest BCUT2D eigenvalue weighted by Crippen LogP contribution is -2.17. The second-order valence-corrected chi connectivity index (χ2v) is 7.98. The molecule has 0 unspecified atom stereocenters. The zero-order chi connectivity index (χ0) is 15.9. The van der Waals surface area contributed by atoms with Gasteiger partial charge in [-0.15, -0.1) is 11.3 Å². The maximum absolute atomic E-state index is 10.2. The SMILES string of the molecule is CC(C)(O)c1cc2sc(C3CCC(CO)CC3)nc2cc1N. The fourth-order valence-electron chi connectivity index (χ4n) is 3.30. The highest BCUT2D eigenvalue weighted by Crippen LogP contribution is 2.40. The summed E-state index contributed by atoms with van der Waals surface area (Å²) in [6.45, 7) is 3.81. The number of rotatable bonds is 3. The second-order valence-electron chi connectivity index (χ2n) is 6.92. The summed E-state index contributed by atoms with van der Waals surface area (Å²) in [6, 6.07) is 3.85. The first-order valence-electron chi connectivity index (χ1n) is 7.92. The minimum Gasteiger partial charge on any atom is -0.398 e. The van der Waals surface area contributed by atoms with Crippen molar-refractivity contribution < 1.29 is 10.2 Å². The third-order valence-corrected chi connectivity index (χ3v) is 5.87. The Morgan fingerprint density at radius 1 is 1.27 bits per heavy atom. The molecule has 4 nitrogen and oxygen atoms in total. The first kappa shape index (κ1) is 15.7. The van der Waals surface area contributed by atoms with Crippen LogP contribution in [0, 0.1) is 5.92 Å². The van der Waals surface area contributed by atoms with Crippen molar-refractivity contribution in [2.45, 2.75) is 51.0 Å². The molecule has 0 spiro atoms.